The second kappa shape index (κ2) is 4.03. The van der Waals surface area contributed by atoms with Gasteiger partial charge in [-0.2, -0.15) is 0 Å². The maximum atomic E-state index is 11.8. The topological polar surface area (TPSA) is 26.3 Å². The third-order valence-corrected chi connectivity index (χ3v) is 2.86. The van der Waals surface area contributed by atoms with Gasteiger partial charge in [0, 0.05) is 5.39 Å². The summed E-state index contributed by atoms with van der Waals surface area (Å²) in [7, 11) is 1.61. The first-order valence-corrected chi connectivity index (χ1v) is 5.28. The van der Waals surface area contributed by atoms with Crippen molar-refractivity contribution < 1.29 is 4.74 Å². The van der Waals surface area contributed by atoms with E-state index in [1.807, 2.05) is 18.2 Å². The molecular formula is C12H9BrO2. The van der Waals surface area contributed by atoms with E-state index < -0.39 is 0 Å². The summed E-state index contributed by atoms with van der Waals surface area (Å²) in [5.74, 6) is 0.754. The van der Waals surface area contributed by atoms with Gasteiger partial charge in [0.1, 0.15) is 5.75 Å². The second-order valence-electron chi connectivity index (χ2n) is 3.16. The van der Waals surface area contributed by atoms with Crippen molar-refractivity contribution in [1.29, 1.82) is 0 Å². The first-order chi connectivity index (χ1) is 7.22. The summed E-state index contributed by atoms with van der Waals surface area (Å²) in [4.78, 5) is 11.8. The standard InChI is InChI=1S/C12H9BrO2/c1-15-9-5-6-10-8(7-9)3-2-4-11(13)12(10)14/h2-7H,1H3. The maximum absolute atomic E-state index is 11.8. The number of halogens is 1. The molecule has 2 rings (SSSR count). The monoisotopic (exact) mass is 264 g/mol. The van der Waals surface area contributed by atoms with Crippen molar-refractivity contribution in [1.82, 2.24) is 0 Å². The van der Waals surface area contributed by atoms with Crippen LogP contribution in [-0.2, 0) is 0 Å². The number of benzene rings is 1. The van der Waals surface area contributed by atoms with E-state index in [4.69, 9.17) is 4.74 Å². The molecule has 76 valence electrons. The van der Waals surface area contributed by atoms with Crippen LogP contribution in [0.4, 0.5) is 0 Å². The lowest BCUT2D eigenvalue weighted by Gasteiger charge is -1.99. The van der Waals surface area contributed by atoms with Crippen LogP contribution in [0.1, 0.15) is 0 Å². The van der Waals surface area contributed by atoms with Gasteiger partial charge in [-0.05, 0) is 45.6 Å². The molecule has 0 aromatic heterocycles. The Bertz CT molecular complexity index is 564. The van der Waals surface area contributed by atoms with Crippen LogP contribution in [0.3, 0.4) is 0 Å². The van der Waals surface area contributed by atoms with Gasteiger partial charge in [-0.3, -0.25) is 4.79 Å². The fourth-order valence-corrected chi connectivity index (χ4v) is 1.82. The van der Waals surface area contributed by atoms with E-state index in [0.717, 1.165) is 11.1 Å². The largest absolute Gasteiger partial charge is 0.497 e. The molecule has 2 aromatic rings. The maximum Gasteiger partial charge on any atom is 0.200 e. The Balaban J connectivity index is 2.89. The molecule has 0 aliphatic carbocycles. The minimum Gasteiger partial charge on any atom is -0.497 e. The summed E-state index contributed by atoms with van der Waals surface area (Å²) in [5.41, 5.74) is -0.00217. The minimum absolute atomic E-state index is 0.00217. The Kier molecular flexibility index (Phi) is 2.73. The summed E-state index contributed by atoms with van der Waals surface area (Å²) < 4.78 is 5.68. The summed E-state index contributed by atoms with van der Waals surface area (Å²) in [5, 5.41) is 1.57. The fourth-order valence-electron chi connectivity index (χ4n) is 1.45. The van der Waals surface area contributed by atoms with Gasteiger partial charge < -0.3 is 4.74 Å². The van der Waals surface area contributed by atoms with Gasteiger partial charge >= 0.3 is 0 Å². The van der Waals surface area contributed by atoms with Crippen LogP contribution >= 0.6 is 15.9 Å². The van der Waals surface area contributed by atoms with Gasteiger partial charge in [0.15, 0.2) is 0 Å². The first-order valence-electron chi connectivity index (χ1n) is 4.49. The van der Waals surface area contributed by atoms with E-state index in [1.165, 1.54) is 0 Å². The predicted octanol–water partition coefficient (Wildman–Crippen LogP) is 2.97. The molecule has 0 aliphatic heterocycles. The molecule has 2 aromatic carbocycles. The highest BCUT2D eigenvalue weighted by atomic mass is 79.9. The molecule has 0 bridgehead atoms. The lowest BCUT2D eigenvalue weighted by molar-refractivity contribution is 0.415. The fraction of sp³-hybridized carbons (Fsp3) is 0.0833. The van der Waals surface area contributed by atoms with Crippen LogP contribution < -0.4 is 10.2 Å². The molecule has 2 nitrogen and oxygen atoms in total. The van der Waals surface area contributed by atoms with E-state index in [9.17, 15) is 4.79 Å². The lowest BCUT2D eigenvalue weighted by atomic mass is 10.2. The summed E-state index contributed by atoms with van der Waals surface area (Å²) in [6.45, 7) is 0. The molecule has 0 saturated heterocycles. The first kappa shape index (κ1) is 10.2. The van der Waals surface area contributed by atoms with Gasteiger partial charge in [-0.25, -0.2) is 0 Å². The van der Waals surface area contributed by atoms with Crippen molar-refractivity contribution in [2.75, 3.05) is 7.11 Å². The van der Waals surface area contributed by atoms with E-state index in [-0.39, 0.29) is 5.43 Å². The third kappa shape index (κ3) is 1.88. The quantitative estimate of drug-likeness (QED) is 0.792. The second-order valence-corrected chi connectivity index (χ2v) is 4.01. The summed E-state index contributed by atoms with van der Waals surface area (Å²) in [6.07, 6.45) is 0. The van der Waals surface area contributed by atoms with Crippen molar-refractivity contribution in [2.45, 2.75) is 0 Å². The molecule has 0 unspecified atom stereocenters. The summed E-state index contributed by atoms with van der Waals surface area (Å²) >= 11 is 3.24. The Labute approximate surface area is 95.6 Å². The third-order valence-electron chi connectivity index (χ3n) is 2.24. The van der Waals surface area contributed by atoms with Gasteiger partial charge in [-0.15, -0.1) is 0 Å². The molecule has 3 heteroatoms. The normalized spacial score (nSPS) is 10.3. The Hall–Kier alpha value is -1.35. The Morgan fingerprint density at radius 1 is 1.20 bits per heavy atom. The van der Waals surface area contributed by atoms with Crippen molar-refractivity contribution in [3.05, 3.63) is 51.1 Å². The number of hydrogen-bond acceptors (Lipinski definition) is 2. The Morgan fingerprint density at radius 2 is 2.00 bits per heavy atom. The Morgan fingerprint density at radius 3 is 2.73 bits per heavy atom. The highest BCUT2D eigenvalue weighted by Gasteiger charge is 2.01. The zero-order valence-corrected chi connectivity index (χ0v) is 9.74. The summed E-state index contributed by atoms with van der Waals surface area (Å²) in [6, 6.07) is 10.9. The number of ether oxygens (including phenoxy) is 1. The highest BCUT2D eigenvalue weighted by molar-refractivity contribution is 9.10. The van der Waals surface area contributed by atoms with Crippen molar-refractivity contribution in [2.24, 2.45) is 0 Å². The number of fused-ring (bicyclic) bond motifs is 1. The van der Waals surface area contributed by atoms with Crippen molar-refractivity contribution in [3.8, 4) is 5.75 Å². The molecule has 0 atom stereocenters. The van der Waals surface area contributed by atoms with Crippen molar-refractivity contribution >= 4 is 26.7 Å². The zero-order chi connectivity index (χ0) is 10.8. The van der Waals surface area contributed by atoms with Gasteiger partial charge in [0.2, 0.25) is 5.43 Å². The molecule has 0 spiro atoms. The van der Waals surface area contributed by atoms with E-state index in [1.54, 1.807) is 25.3 Å². The predicted molar refractivity (Wildman–Crippen MR) is 64.5 cm³/mol. The van der Waals surface area contributed by atoms with Crippen LogP contribution in [-0.4, -0.2) is 7.11 Å². The van der Waals surface area contributed by atoms with Crippen LogP contribution in [0, 0.1) is 0 Å². The molecule has 0 aliphatic rings. The smallest absolute Gasteiger partial charge is 0.200 e. The van der Waals surface area contributed by atoms with Crippen LogP contribution in [0.25, 0.3) is 10.8 Å². The van der Waals surface area contributed by atoms with Gasteiger partial charge in [0.25, 0.3) is 0 Å². The molecular weight excluding hydrogens is 256 g/mol. The average molecular weight is 265 g/mol. The van der Waals surface area contributed by atoms with Gasteiger partial charge in [-0.1, -0.05) is 12.1 Å². The lowest BCUT2D eigenvalue weighted by Crippen LogP contribution is -1.97. The van der Waals surface area contributed by atoms with Crippen LogP contribution in [0.15, 0.2) is 45.7 Å². The number of hydrogen-bond donors (Lipinski definition) is 0. The zero-order valence-electron chi connectivity index (χ0n) is 8.16. The van der Waals surface area contributed by atoms with Gasteiger partial charge in [0.05, 0.1) is 11.6 Å². The molecule has 0 N–H and O–H groups in total. The van der Waals surface area contributed by atoms with E-state index >= 15 is 0 Å². The van der Waals surface area contributed by atoms with E-state index in [0.29, 0.717) is 9.86 Å². The SMILES string of the molecule is COc1ccc2c(=O)c(Br)cccc2c1. The molecule has 0 radical (unpaired) electrons. The van der Waals surface area contributed by atoms with Crippen LogP contribution in [0.5, 0.6) is 5.75 Å². The highest BCUT2D eigenvalue weighted by Crippen LogP contribution is 2.18. The van der Waals surface area contributed by atoms with Crippen LogP contribution in [0.2, 0.25) is 0 Å². The molecule has 0 amide bonds. The molecule has 0 saturated carbocycles. The molecule has 15 heavy (non-hydrogen) atoms. The number of methoxy groups -OCH3 is 1. The number of rotatable bonds is 1. The van der Waals surface area contributed by atoms with E-state index in [2.05, 4.69) is 15.9 Å². The average Bonchev–Trinajstić information content (AvgIpc) is 2.40. The molecule has 0 heterocycles. The molecule has 0 fully saturated rings. The van der Waals surface area contributed by atoms with Crippen molar-refractivity contribution in [3.63, 3.8) is 0 Å². The minimum atomic E-state index is -0.00217.